The SMILES string of the molecule is COc1ccc([N+](=O)[O-])cc1C1(C#N)CC1. The second-order valence-corrected chi connectivity index (χ2v) is 3.84. The molecule has 5 heteroatoms. The number of nitro groups is 1. The van der Waals surface area contributed by atoms with Gasteiger partial charge >= 0.3 is 0 Å². The summed E-state index contributed by atoms with van der Waals surface area (Å²) in [6, 6.07) is 6.58. The molecule has 1 aliphatic carbocycles. The van der Waals surface area contributed by atoms with Crippen molar-refractivity contribution in [2.75, 3.05) is 7.11 Å². The summed E-state index contributed by atoms with van der Waals surface area (Å²) in [5.74, 6) is 0.546. The van der Waals surface area contributed by atoms with Gasteiger partial charge in [0.25, 0.3) is 5.69 Å². The van der Waals surface area contributed by atoms with Gasteiger partial charge in [0, 0.05) is 17.7 Å². The maximum Gasteiger partial charge on any atom is 0.270 e. The number of hydrogen-bond acceptors (Lipinski definition) is 4. The van der Waals surface area contributed by atoms with Crippen molar-refractivity contribution in [3.8, 4) is 11.8 Å². The van der Waals surface area contributed by atoms with Crippen LogP contribution in [-0.2, 0) is 5.41 Å². The van der Waals surface area contributed by atoms with Crippen molar-refractivity contribution in [2.24, 2.45) is 0 Å². The van der Waals surface area contributed by atoms with E-state index in [4.69, 9.17) is 10.00 Å². The minimum absolute atomic E-state index is 0.00248. The van der Waals surface area contributed by atoms with Gasteiger partial charge in [0.15, 0.2) is 0 Å². The number of ether oxygens (including phenoxy) is 1. The van der Waals surface area contributed by atoms with E-state index in [2.05, 4.69) is 6.07 Å². The van der Waals surface area contributed by atoms with E-state index in [0.29, 0.717) is 11.3 Å². The fraction of sp³-hybridized carbons (Fsp3) is 0.364. The summed E-state index contributed by atoms with van der Waals surface area (Å²) >= 11 is 0. The summed E-state index contributed by atoms with van der Waals surface area (Å²) in [7, 11) is 1.50. The fourth-order valence-electron chi connectivity index (χ4n) is 1.75. The molecule has 0 saturated heterocycles. The van der Waals surface area contributed by atoms with Crippen LogP contribution in [0.1, 0.15) is 18.4 Å². The lowest BCUT2D eigenvalue weighted by molar-refractivity contribution is -0.385. The third-order valence-electron chi connectivity index (χ3n) is 2.87. The van der Waals surface area contributed by atoms with E-state index >= 15 is 0 Å². The Bertz CT molecular complexity index is 486. The highest BCUT2D eigenvalue weighted by molar-refractivity contribution is 5.53. The molecule has 82 valence electrons. The van der Waals surface area contributed by atoms with Gasteiger partial charge in [-0.05, 0) is 18.9 Å². The zero-order valence-corrected chi connectivity index (χ0v) is 8.77. The molecule has 2 rings (SSSR count). The molecule has 0 spiro atoms. The number of non-ortho nitro benzene ring substituents is 1. The van der Waals surface area contributed by atoms with Crippen LogP contribution in [0.3, 0.4) is 0 Å². The Morgan fingerprint density at radius 2 is 2.25 bits per heavy atom. The van der Waals surface area contributed by atoms with E-state index < -0.39 is 10.3 Å². The molecule has 0 aromatic heterocycles. The third kappa shape index (κ3) is 1.48. The van der Waals surface area contributed by atoms with Gasteiger partial charge in [-0.25, -0.2) is 0 Å². The van der Waals surface area contributed by atoms with Crippen molar-refractivity contribution in [1.82, 2.24) is 0 Å². The number of nitrogens with zero attached hydrogens (tertiary/aromatic N) is 2. The van der Waals surface area contributed by atoms with Crippen LogP contribution >= 0.6 is 0 Å². The smallest absolute Gasteiger partial charge is 0.270 e. The first-order valence-corrected chi connectivity index (χ1v) is 4.87. The summed E-state index contributed by atoms with van der Waals surface area (Å²) in [6.07, 6.45) is 1.47. The molecule has 1 aliphatic rings. The molecule has 0 unspecified atom stereocenters. The van der Waals surface area contributed by atoms with Crippen LogP contribution in [0, 0.1) is 21.4 Å². The predicted octanol–water partition coefficient (Wildman–Crippen LogP) is 2.16. The summed E-state index contributed by atoms with van der Waals surface area (Å²) in [4.78, 5) is 10.2. The molecule has 1 saturated carbocycles. The van der Waals surface area contributed by atoms with E-state index in [1.807, 2.05) is 0 Å². The number of methoxy groups -OCH3 is 1. The summed E-state index contributed by atoms with van der Waals surface area (Å²) < 4.78 is 5.13. The van der Waals surface area contributed by atoms with Gasteiger partial charge in [0.2, 0.25) is 0 Å². The first-order chi connectivity index (χ1) is 7.63. The largest absolute Gasteiger partial charge is 0.496 e. The van der Waals surface area contributed by atoms with Crippen LogP contribution < -0.4 is 4.74 Å². The number of hydrogen-bond donors (Lipinski definition) is 0. The van der Waals surface area contributed by atoms with Crippen molar-refractivity contribution < 1.29 is 9.66 Å². The molecule has 0 N–H and O–H groups in total. The minimum atomic E-state index is -0.572. The Morgan fingerprint density at radius 3 is 2.69 bits per heavy atom. The zero-order chi connectivity index (χ0) is 11.8. The molecule has 1 aromatic rings. The standard InChI is InChI=1S/C11H10N2O3/c1-16-10-3-2-8(13(14)15)6-9(10)11(7-12)4-5-11/h2-3,6H,4-5H2,1H3. The first kappa shape index (κ1) is 10.4. The molecule has 0 atom stereocenters. The molecule has 0 amide bonds. The average molecular weight is 218 g/mol. The van der Waals surface area contributed by atoms with Crippen LogP contribution in [-0.4, -0.2) is 12.0 Å². The van der Waals surface area contributed by atoms with Gasteiger partial charge in [0.05, 0.1) is 23.5 Å². The molecule has 1 fully saturated rings. The summed E-state index contributed by atoms with van der Waals surface area (Å²) in [5.41, 5.74) is 0.0567. The van der Waals surface area contributed by atoms with Crippen LogP contribution in [0.5, 0.6) is 5.75 Å². The van der Waals surface area contributed by atoms with E-state index in [1.165, 1.54) is 19.2 Å². The van der Waals surface area contributed by atoms with Gasteiger partial charge < -0.3 is 4.74 Å². The second-order valence-electron chi connectivity index (χ2n) is 3.84. The van der Waals surface area contributed by atoms with Crippen molar-refractivity contribution >= 4 is 5.69 Å². The maximum atomic E-state index is 10.7. The van der Waals surface area contributed by atoms with Crippen LogP contribution in [0.4, 0.5) is 5.69 Å². The zero-order valence-electron chi connectivity index (χ0n) is 8.77. The van der Waals surface area contributed by atoms with Crippen molar-refractivity contribution in [3.63, 3.8) is 0 Å². The highest BCUT2D eigenvalue weighted by Crippen LogP contribution is 2.51. The fourth-order valence-corrected chi connectivity index (χ4v) is 1.75. The summed E-state index contributed by atoms with van der Waals surface area (Å²) in [5, 5.41) is 19.8. The van der Waals surface area contributed by atoms with Gasteiger partial charge in [-0.2, -0.15) is 5.26 Å². The van der Waals surface area contributed by atoms with Crippen LogP contribution in [0.2, 0.25) is 0 Å². The van der Waals surface area contributed by atoms with E-state index in [0.717, 1.165) is 12.8 Å². The number of nitro benzene ring substituents is 1. The molecule has 0 aliphatic heterocycles. The average Bonchev–Trinajstić information content (AvgIpc) is 3.09. The van der Waals surface area contributed by atoms with Gasteiger partial charge in [0.1, 0.15) is 5.75 Å². The molecule has 0 radical (unpaired) electrons. The molecule has 1 aromatic carbocycles. The Balaban J connectivity index is 2.53. The maximum absolute atomic E-state index is 10.7. The van der Waals surface area contributed by atoms with Crippen molar-refractivity contribution in [3.05, 3.63) is 33.9 Å². The molecule has 0 bridgehead atoms. The number of nitriles is 1. The molecular formula is C11H10N2O3. The van der Waals surface area contributed by atoms with Gasteiger partial charge in [-0.3, -0.25) is 10.1 Å². The summed E-state index contributed by atoms with van der Waals surface area (Å²) in [6.45, 7) is 0. The quantitative estimate of drug-likeness (QED) is 0.575. The second kappa shape index (κ2) is 3.49. The topological polar surface area (TPSA) is 76.2 Å². The lowest BCUT2D eigenvalue weighted by atomic mass is 9.96. The third-order valence-corrected chi connectivity index (χ3v) is 2.87. The van der Waals surface area contributed by atoms with Crippen molar-refractivity contribution in [2.45, 2.75) is 18.3 Å². The van der Waals surface area contributed by atoms with Gasteiger partial charge in [-0.15, -0.1) is 0 Å². The Labute approximate surface area is 92.4 Å². The Morgan fingerprint density at radius 1 is 1.56 bits per heavy atom. The highest BCUT2D eigenvalue weighted by atomic mass is 16.6. The predicted molar refractivity (Wildman–Crippen MR) is 56.2 cm³/mol. The Hall–Kier alpha value is -2.09. The van der Waals surface area contributed by atoms with E-state index in [9.17, 15) is 10.1 Å². The number of rotatable bonds is 3. The monoisotopic (exact) mass is 218 g/mol. The number of benzene rings is 1. The van der Waals surface area contributed by atoms with E-state index in [1.54, 1.807) is 6.07 Å². The van der Waals surface area contributed by atoms with Gasteiger partial charge in [-0.1, -0.05) is 0 Å². The Kier molecular flexibility index (Phi) is 2.27. The lowest BCUT2D eigenvalue weighted by Crippen LogP contribution is -2.06. The van der Waals surface area contributed by atoms with Crippen molar-refractivity contribution in [1.29, 1.82) is 5.26 Å². The highest BCUT2D eigenvalue weighted by Gasteiger charge is 2.47. The molecule has 16 heavy (non-hydrogen) atoms. The molecule has 0 heterocycles. The molecular weight excluding hydrogens is 208 g/mol. The van der Waals surface area contributed by atoms with Crippen LogP contribution in [0.25, 0.3) is 0 Å². The lowest BCUT2D eigenvalue weighted by Gasteiger charge is -2.11. The molecule has 5 nitrogen and oxygen atoms in total. The van der Waals surface area contributed by atoms with Crippen LogP contribution in [0.15, 0.2) is 18.2 Å². The first-order valence-electron chi connectivity index (χ1n) is 4.87. The minimum Gasteiger partial charge on any atom is -0.496 e. The van der Waals surface area contributed by atoms with E-state index in [-0.39, 0.29) is 5.69 Å². The normalized spacial score (nSPS) is 16.2.